The number of carboxylic acids is 1. The Balaban J connectivity index is 2.00. The normalized spacial score (nSPS) is 14.7. The molecule has 18 heavy (non-hydrogen) atoms. The number of nitrogens with one attached hydrogen (secondary N) is 1. The van der Waals surface area contributed by atoms with E-state index in [0.29, 0.717) is 11.3 Å². The van der Waals surface area contributed by atoms with Crippen molar-refractivity contribution in [2.24, 2.45) is 5.92 Å². The summed E-state index contributed by atoms with van der Waals surface area (Å²) in [4.78, 5) is 22.5. The zero-order valence-corrected chi connectivity index (χ0v) is 9.93. The Kier molecular flexibility index (Phi) is 3.77. The lowest BCUT2D eigenvalue weighted by atomic mass is 10.1. The molecule has 0 atom stereocenters. The number of allylic oxidation sites excluding steroid dienone is 2. The van der Waals surface area contributed by atoms with E-state index in [2.05, 4.69) is 5.32 Å². The van der Waals surface area contributed by atoms with Gasteiger partial charge in [0.2, 0.25) is 5.91 Å². The maximum atomic E-state index is 11.9. The summed E-state index contributed by atoms with van der Waals surface area (Å²) in [5, 5.41) is 11.5. The van der Waals surface area contributed by atoms with Crippen LogP contribution in [0.3, 0.4) is 0 Å². The first-order chi connectivity index (χ1) is 8.65. The van der Waals surface area contributed by atoms with E-state index in [1.807, 2.05) is 12.2 Å². The molecule has 0 aliphatic heterocycles. The second-order valence-electron chi connectivity index (χ2n) is 4.40. The summed E-state index contributed by atoms with van der Waals surface area (Å²) in [6.45, 7) is 0. The Morgan fingerprint density at radius 3 is 2.67 bits per heavy atom. The predicted octanol–water partition coefficient (Wildman–Crippen LogP) is 2.22. The van der Waals surface area contributed by atoms with Gasteiger partial charge in [0.15, 0.2) is 0 Å². The molecule has 1 aliphatic carbocycles. The third kappa shape index (κ3) is 3.20. The van der Waals surface area contributed by atoms with Crippen LogP contribution in [0, 0.1) is 5.92 Å². The molecule has 1 aliphatic rings. The SMILES string of the molecule is O=C(O)Cc1cccc(NC(=O)C2CC=CC2)c1. The fraction of sp³-hybridized carbons (Fsp3) is 0.286. The lowest BCUT2D eigenvalue weighted by Crippen LogP contribution is -2.20. The van der Waals surface area contributed by atoms with Gasteiger partial charge in [-0.3, -0.25) is 9.59 Å². The summed E-state index contributed by atoms with van der Waals surface area (Å²) in [5.74, 6) is -0.876. The summed E-state index contributed by atoms with van der Waals surface area (Å²) >= 11 is 0. The minimum atomic E-state index is -0.876. The maximum Gasteiger partial charge on any atom is 0.307 e. The van der Waals surface area contributed by atoms with Crippen LogP contribution in [-0.4, -0.2) is 17.0 Å². The summed E-state index contributed by atoms with van der Waals surface area (Å²) < 4.78 is 0. The van der Waals surface area contributed by atoms with Crippen LogP contribution in [0.1, 0.15) is 18.4 Å². The quantitative estimate of drug-likeness (QED) is 0.799. The van der Waals surface area contributed by atoms with E-state index in [-0.39, 0.29) is 18.2 Å². The van der Waals surface area contributed by atoms with Crippen LogP contribution in [0.25, 0.3) is 0 Å². The van der Waals surface area contributed by atoms with Crippen LogP contribution >= 0.6 is 0 Å². The van der Waals surface area contributed by atoms with E-state index in [1.165, 1.54) is 0 Å². The highest BCUT2D eigenvalue weighted by atomic mass is 16.4. The van der Waals surface area contributed by atoms with Crippen molar-refractivity contribution < 1.29 is 14.7 Å². The Hall–Kier alpha value is -2.10. The van der Waals surface area contributed by atoms with Crippen LogP contribution in [-0.2, 0) is 16.0 Å². The number of hydrogen-bond acceptors (Lipinski definition) is 2. The number of anilines is 1. The standard InChI is InChI=1S/C14H15NO3/c16-13(17)9-10-4-3-7-12(8-10)15-14(18)11-5-1-2-6-11/h1-4,7-8,11H,5-6,9H2,(H,15,18)(H,16,17). The molecule has 0 saturated heterocycles. The molecule has 0 spiro atoms. The molecule has 1 amide bonds. The summed E-state index contributed by atoms with van der Waals surface area (Å²) in [6, 6.07) is 6.96. The monoisotopic (exact) mass is 245 g/mol. The number of hydrogen-bond donors (Lipinski definition) is 2. The Bertz CT molecular complexity index is 486. The molecular weight excluding hydrogens is 230 g/mol. The number of amides is 1. The molecule has 1 aromatic carbocycles. The molecule has 0 heterocycles. The zero-order chi connectivity index (χ0) is 13.0. The molecule has 2 rings (SSSR count). The van der Waals surface area contributed by atoms with Gasteiger partial charge in [0.25, 0.3) is 0 Å². The lowest BCUT2D eigenvalue weighted by molar-refractivity contribution is -0.136. The fourth-order valence-electron chi connectivity index (χ4n) is 2.01. The highest BCUT2D eigenvalue weighted by molar-refractivity contribution is 5.93. The van der Waals surface area contributed by atoms with E-state index in [9.17, 15) is 9.59 Å². The van der Waals surface area contributed by atoms with Crippen molar-refractivity contribution in [3.8, 4) is 0 Å². The van der Waals surface area contributed by atoms with E-state index in [0.717, 1.165) is 12.8 Å². The molecule has 2 N–H and O–H groups in total. The molecule has 4 nitrogen and oxygen atoms in total. The van der Waals surface area contributed by atoms with Crippen LogP contribution < -0.4 is 5.32 Å². The minimum absolute atomic E-state index is 0.00697. The zero-order valence-electron chi connectivity index (χ0n) is 9.93. The summed E-state index contributed by atoms with van der Waals surface area (Å²) in [7, 11) is 0. The van der Waals surface area contributed by atoms with Crippen LogP contribution in [0.5, 0.6) is 0 Å². The van der Waals surface area contributed by atoms with Crippen molar-refractivity contribution in [3.05, 3.63) is 42.0 Å². The molecular formula is C14H15NO3. The smallest absolute Gasteiger partial charge is 0.307 e. The maximum absolute atomic E-state index is 11.9. The predicted molar refractivity (Wildman–Crippen MR) is 68.3 cm³/mol. The van der Waals surface area contributed by atoms with E-state index in [4.69, 9.17) is 5.11 Å². The molecule has 4 heteroatoms. The second kappa shape index (κ2) is 5.49. The number of aliphatic carboxylic acids is 1. The summed E-state index contributed by atoms with van der Waals surface area (Å²) in [5.41, 5.74) is 1.34. The molecule has 0 unspecified atom stereocenters. The summed E-state index contributed by atoms with van der Waals surface area (Å²) in [6.07, 6.45) is 5.53. The first-order valence-electron chi connectivity index (χ1n) is 5.92. The third-order valence-electron chi connectivity index (χ3n) is 2.93. The van der Waals surface area contributed by atoms with Gasteiger partial charge in [-0.1, -0.05) is 24.3 Å². The lowest BCUT2D eigenvalue weighted by Gasteiger charge is -2.11. The van der Waals surface area contributed by atoms with Gasteiger partial charge in [-0.2, -0.15) is 0 Å². The molecule has 0 aromatic heterocycles. The highest BCUT2D eigenvalue weighted by Crippen LogP contribution is 2.20. The van der Waals surface area contributed by atoms with Crippen molar-refractivity contribution in [1.82, 2.24) is 0 Å². The number of benzene rings is 1. The van der Waals surface area contributed by atoms with Gasteiger partial charge in [0.1, 0.15) is 0 Å². The van der Waals surface area contributed by atoms with Gasteiger partial charge in [-0.15, -0.1) is 0 Å². The van der Waals surface area contributed by atoms with Crippen LogP contribution in [0.15, 0.2) is 36.4 Å². The Morgan fingerprint density at radius 1 is 1.28 bits per heavy atom. The Morgan fingerprint density at radius 2 is 2.00 bits per heavy atom. The number of carbonyl (C=O) groups excluding carboxylic acids is 1. The first kappa shape index (κ1) is 12.4. The average Bonchev–Trinajstić information content (AvgIpc) is 2.81. The number of rotatable bonds is 4. The van der Waals surface area contributed by atoms with Gasteiger partial charge < -0.3 is 10.4 Å². The minimum Gasteiger partial charge on any atom is -0.481 e. The van der Waals surface area contributed by atoms with Gasteiger partial charge in [0, 0.05) is 11.6 Å². The van der Waals surface area contributed by atoms with Gasteiger partial charge in [0.05, 0.1) is 6.42 Å². The van der Waals surface area contributed by atoms with Crippen molar-refractivity contribution in [2.75, 3.05) is 5.32 Å². The largest absolute Gasteiger partial charge is 0.481 e. The van der Waals surface area contributed by atoms with Crippen LogP contribution in [0.4, 0.5) is 5.69 Å². The molecule has 0 bridgehead atoms. The van der Waals surface area contributed by atoms with E-state index < -0.39 is 5.97 Å². The van der Waals surface area contributed by atoms with Crippen molar-refractivity contribution >= 4 is 17.6 Å². The van der Waals surface area contributed by atoms with E-state index >= 15 is 0 Å². The van der Waals surface area contributed by atoms with Gasteiger partial charge in [-0.05, 0) is 30.5 Å². The van der Waals surface area contributed by atoms with Crippen molar-refractivity contribution in [1.29, 1.82) is 0 Å². The molecule has 0 radical (unpaired) electrons. The third-order valence-corrected chi connectivity index (χ3v) is 2.93. The first-order valence-corrected chi connectivity index (χ1v) is 5.92. The van der Waals surface area contributed by atoms with Crippen LogP contribution in [0.2, 0.25) is 0 Å². The van der Waals surface area contributed by atoms with Gasteiger partial charge in [-0.25, -0.2) is 0 Å². The highest BCUT2D eigenvalue weighted by Gasteiger charge is 2.19. The van der Waals surface area contributed by atoms with E-state index in [1.54, 1.807) is 24.3 Å². The number of carbonyl (C=O) groups is 2. The number of carboxylic acid groups (broad SMARTS) is 1. The fourth-order valence-corrected chi connectivity index (χ4v) is 2.01. The van der Waals surface area contributed by atoms with Gasteiger partial charge >= 0.3 is 5.97 Å². The second-order valence-corrected chi connectivity index (χ2v) is 4.40. The molecule has 94 valence electrons. The van der Waals surface area contributed by atoms with Crippen molar-refractivity contribution in [2.45, 2.75) is 19.3 Å². The molecule has 1 aromatic rings. The Labute approximate surface area is 105 Å². The molecule has 0 fully saturated rings. The molecule has 0 saturated carbocycles. The average molecular weight is 245 g/mol. The topological polar surface area (TPSA) is 66.4 Å². The van der Waals surface area contributed by atoms with Crippen molar-refractivity contribution in [3.63, 3.8) is 0 Å².